The van der Waals surface area contributed by atoms with E-state index in [0.29, 0.717) is 6.54 Å². The van der Waals surface area contributed by atoms with Gasteiger partial charge in [-0.2, -0.15) is 0 Å². The zero-order chi connectivity index (χ0) is 13.7. The van der Waals surface area contributed by atoms with Gasteiger partial charge in [0.25, 0.3) is 5.91 Å². The van der Waals surface area contributed by atoms with Crippen molar-refractivity contribution in [1.82, 2.24) is 5.32 Å². The molecule has 0 aromatic heterocycles. The molecule has 0 bridgehead atoms. The van der Waals surface area contributed by atoms with E-state index in [-0.39, 0.29) is 17.2 Å². The fraction of sp³-hybridized carbons (Fsp3) is 0.385. The fourth-order valence-corrected chi connectivity index (χ4v) is 1.41. The normalized spacial score (nSPS) is 11.7. The molecule has 0 aliphatic heterocycles. The number of ether oxygens (including phenoxy) is 1. The quantitative estimate of drug-likeness (QED) is 0.793. The van der Waals surface area contributed by atoms with E-state index in [1.165, 1.54) is 19.1 Å². The number of aryl methyl sites for hydroxylation is 1. The number of hydrogen-bond donors (Lipinski definition) is 2. The van der Waals surface area contributed by atoms with Gasteiger partial charge in [0.05, 0.1) is 0 Å². The third-order valence-electron chi connectivity index (χ3n) is 2.38. The Labute approximate surface area is 106 Å². The number of rotatable bonds is 4. The Morgan fingerprint density at radius 2 is 2.11 bits per heavy atom. The van der Waals surface area contributed by atoms with Crippen LogP contribution in [-0.2, 0) is 9.53 Å². The van der Waals surface area contributed by atoms with Crippen LogP contribution in [-0.4, -0.2) is 29.6 Å². The summed E-state index contributed by atoms with van der Waals surface area (Å²) >= 11 is 0. The lowest BCUT2D eigenvalue weighted by atomic mass is 10.1. The molecule has 1 aromatic rings. The Morgan fingerprint density at radius 1 is 1.44 bits per heavy atom. The van der Waals surface area contributed by atoms with Crippen LogP contribution >= 0.6 is 0 Å². The summed E-state index contributed by atoms with van der Waals surface area (Å²) in [5.41, 5.74) is 0.887. The predicted octanol–water partition coefficient (Wildman–Crippen LogP) is 1.38. The fourth-order valence-electron chi connectivity index (χ4n) is 1.41. The van der Waals surface area contributed by atoms with E-state index in [0.717, 1.165) is 5.56 Å². The summed E-state index contributed by atoms with van der Waals surface area (Å²) < 4.78 is 4.96. The maximum Gasteiger partial charge on any atom is 0.342 e. The monoisotopic (exact) mass is 251 g/mol. The molecule has 0 aliphatic carbocycles. The minimum atomic E-state index is -0.891. The van der Waals surface area contributed by atoms with Crippen LogP contribution in [0.2, 0.25) is 0 Å². The van der Waals surface area contributed by atoms with E-state index < -0.39 is 12.1 Å². The molecular weight excluding hydrogens is 234 g/mol. The van der Waals surface area contributed by atoms with Crippen molar-refractivity contribution in [2.24, 2.45) is 0 Å². The van der Waals surface area contributed by atoms with Crippen molar-refractivity contribution in [3.05, 3.63) is 29.3 Å². The average Bonchev–Trinajstić information content (AvgIpc) is 2.28. The third kappa shape index (κ3) is 3.48. The molecule has 0 aliphatic rings. The molecule has 5 nitrogen and oxygen atoms in total. The zero-order valence-corrected chi connectivity index (χ0v) is 10.7. The van der Waals surface area contributed by atoms with Crippen molar-refractivity contribution < 1.29 is 19.4 Å². The van der Waals surface area contributed by atoms with Gasteiger partial charge in [-0.05, 0) is 38.5 Å². The molecule has 0 fully saturated rings. The molecule has 1 rings (SSSR count). The Hall–Kier alpha value is -2.04. The summed E-state index contributed by atoms with van der Waals surface area (Å²) in [6.45, 7) is 5.52. The van der Waals surface area contributed by atoms with E-state index in [1.54, 1.807) is 19.9 Å². The highest BCUT2D eigenvalue weighted by Crippen LogP contribution is 2.19. The number of amides is 1. The van der Waals surface area contributed by atoms with Gasteiger partial charge in [0, 0.05) is 6.54 Å². The second kappa shape index (κ2) is 6.05. The van der Waals surface area contributed by atoms with Crippen molar-refractivity contribution in [1.29, 1.82) is 0 Å². The lowest BCUT2D eigenvalue weighted by Gasteiger charge is -2.13. The predicted molar refractivity (Wildman–Crippen MR) is 66.4 cm³/mol. The largest absolute Gasteiger partial charge is 0.507 e. The first-order valence-corrected chi connectivity index (χ1v) is 5.74. The van der Waals surface area contributed by atoms with Gasteiger partial charge < -0.3 is 15.2 Å². The van der Waals surface area contributed by atoms with Gasteiger partial charge in [-0.25, -0.2) is 4.79 Å². The molecule has 2 N–H and O–H groups in total. The number of phenolic OH excluding ortho intramolecular Hbond substituents is 1. The minimum absolute atomic E-state index is 0.0525. The molecule has 0 spiro atoms. The number of likely N-dealkylation sites (N-methyl/N-ethyl adjacent to an activating group) is 1. The van der Waals surface area contributed by atoms with Crippen LogP contribution in [0.3, 0.4) is 0 Å². The number of benzene rings is 1. The van der Waals surface area contributed by atoms with Crippen molar-refractivity contribution in [2.75, 3.05) is 6.54 Å². The van der Waals surface area contributed by atoms with Crippen molar-refractivity contribution in [3.8, 4) is 5.75 Å². The molecule has 98 valence electrons. The van der Waals surface area contributed by atoms with Gasteiger partial charge in [-0.1, -0.05) is 6.07 Å². The minimum Gasteiger partial charge on any atom is -0.507 e. The Bertz CT molecular complexity index is 456. The summed E-state index contributed by atoms with van der Waals surface area (Å²) in [5, 5.41) is 12.2. The second-order valence-electron chi connectivity index (χ2n) is 3.96. The van der Waals surface area contributed by atoms with Crippen molar-refractivity contribution in [2.45, 2.75) is 26.9 Å². The number of phenols is 1. The van der Waals surface area contributed by atoms with Crippen molar-refractivity contribution in [3.63, 3.8) is 0 Å². The van der Waals surface area contributed by atoms with E-state index in [9.17, 15) is 14.7 Å². The molecule has 0 saturated heterocycles. The van der Waals surface area contributed by atoms with Gasteiger partial charge >= 0.3 is 5.97 Å². The summed E-state index contributed by atoms with van der Waals surface area (Å²) in [6.07, 6.45) is -0.891. The first-order valence-electron chi connectivity index (χ1n) is 5.74. The van der Waals surface area contributed by atoms with Crippen LogP contribution < -0.4 is 5.32 Å². The highest BCUT2D eigenvalue weighted by Gasteiger charge is 2.20. The maximum atomic E-state index is 11.7. The summed E-state index contributed by atoms with van der Waals surface area (Å²) in [5.74, 6) is -1.23. The van der Waals surface area contributed by atoms with Gasteiger partial charge in [0.2, 0.25) is 0 Å². The lowest BCUT2D eigenvalue weighted by molar-refractivity contribution is -0.128. The van der Waals surface area contributed by atoms with Crippen LogP contribution in [0.5, 0.6) is 5.75 Å². The van der Waals surface area contributed by atoms with Gasteiger partial charge in [0.1, 0.15) is 11.3 Å². The average molecular weight is 251 g/mol. The molecule has 0 unspecified atom stereocenters. The van der Waals surface area contributed by atoms with Crippen LogP contribution in [0, 0.1) is 6.92 Å². The van der Waals surface area contributed by atoms with Crippen molar-refractivity contribution >= 4 is 11.9 Å². The summed E-state index contributed by atoms with van der Waals surface area (Å²) in [4.78, 5) is 23.1. The molecular formula is C13H17NO4. The van der Waals surface area contributed by atoms with Crippen LogP contribution in [0.1, 0.15) is 29.8 Å². The Kier molecular flexibility index (Phi) is 4.71. The Balaban J connectivity index is 2.73. The molecule has 0 saturated carbocycles. The third-order valence-corrected chi connectivity index (χ3v) is 2.38. The molecule has 0 radical (unpaired) electrons. The standard InChI is InChI=1S/C13H17NO4/c1-4-14-12(16)9(3)18-13(17)10-6-5-8(2)7-11(10)15/h5-7,9,15H,4H2,1-3H3,(H,14,16)/t9-/m0/s1. The smallest absolute Gasteiger partial charge is 0.342 e. The number of aromatic hydroxyl groups is 1. The first kappa shape index (κ1) is 14.0. The zero-order valence-electron chi connectivity index (χ0n) is 10.7. The second-order valence-corrected chi connectivity index (χ2v) is 3.96. The molecule has 1 aromatic carbocycles. The lowest BCUT2D eigenvalue weighted by Crippen LogP contribution is -2.35. The number of carbonyl (C=O) groups is 2. The number of hydrogen-bond acceptors (Lipinski definition) is 4. The summed E-state index contributed by atoms with van der Waals surface area (Å²) in [7, 11) is 0. The topological polar surface area (TPSA) is 75.6 Å². The Morgan fingerprint density at radius 3 is 2.67 bits per heavy atom. The first-order chi connectivity index (χ1) is 8.45. The SMILES string of the molecule is CCNC(=O)[C@H](C)OC(=O)c1ccc(C)cc1O. The van der Waals surface area contributed by atoms with Crippen LogP contribution in [0.25, 0.3) is 0 Å². The molecule has 1 atom stereocenters. The number of carbonyl (C=O) groups excluding carboxylic acids is 2. The molecule has 0 heterocycles. The van der Waals surface area contributed by atoms with E-state index in [2.05, 4.69) is 5.32 Å². The van der Waals surface area contributed by atoms with Gasteiger partial charge in [-0.15, -0.1) is 0 Å². The summed E-state index contributed by atoms with van der Waals surface area (Å²) in [6, 6.07) is 4.62. The molecule has 1 amide bonds. The van der Waals surface area contributed by atoms with Gasteiger partial charge in [-0.3, -0.25) is 4.79 Å². The van der Waals surface area contributed by atoms with E-state index in [1.807, 2.05) is 0 Å². The highest BCUT2D eigenvalue weighted by molar-refractivity contribution is 5.94. The van der Waals surface area contributed by atoms with Crippen LogP contribution in [0.15, 0.2) is 18.2 Å². The molecule has 5 heteroatoms. The van der Waals surface area contributed by atoms with Crippen LogP contribution in [0.4, 0.5) is 0 Å². The van der Waals surface area contributed by atoms with E-state index in [4.69, 9.17) is 4.74 Å². The van der Waals surface area contributed by atoms with E-state index >= 15 is 0 Å². The molecule has 18 heavy (non-hydrogen) atoms. The maximum absolute atomic E-state index is 11.7. The highest BCUT2D eigenvalue weighted by atomic mass is 16.5. The van der Waals surface area contributed by atoms with Gasteiger partial charge in [0.15, 0.2) is 6.10 Å². The number of esters is 1. The number of nitrogens with one attached hydrogen (secondary N) is 1.